The van der Waals surface area contributed by atoms with E-state index in [-0.39, 0.29) is 18.3 Å². The predicted octanol–water partition coefficient (Wildman–Crippen LogP) is 3.42. The van der Waals surface area contributed by atoms with Gasteiger partial charge in [-0.3, -0.25) is 4.79 Å². The van der Waals surface area contributed by atoms with Crippen LogP contribution in [0.25, 0.3) is 10.9 Å². The van der Waals surface area contributed by atoms with Crippen molar-refractivity contribution in [1.29, 1.82) is 0 Å². The van der Waals surface area contributed by atoms with Crippen LogP contribution in [0.3, 0.4) is 0 Å². The average molecular weight is 333 g/mol. The second-order valence-corrected chi connectivity index (χ2v) is 5.57. The smallest absolute Gasteiger partial charge is 0.267 e. The zero-order chi connectivity index (χ0) is 16.4. The van der Waals surface area contributed by atoms with Crippen LogP contribution in [0.1, 0.15) is 22.2 Å². The Balaban J connectivity index is 1.70. The minimum Gasteiger partial charge on any atom is -0.387 e. The van der Waals surface area contributed by atoms with Crippen molar-refractivity contribution in [1.82, 2.24) is 10.3 Å². The van der Waals surface area contributed by atoms with Gasteiger partial charge in [0.15, 0.2) is 0 Å². The van der Waals surface area contributed by atoms with E-state index in [9.17, 15) is 14.3 Å². The zero-order valence-corrected chi connectivity index (χ0v) is 12.8. The number of halogens is 2. The molecule has 0 aliphatic carbocycles. The van der Waals surface area contributed by atoms with Crippen molar-refractivity contribution in [3.05, 3.63) is 70.6 Å². The van der Waals surface area contributed by atoms with E-state index in [0.717, 1.165) is 0 Å². The molecule has 0 spiro atoms. The van der Waals surface area contributed by atoms with E-state index < -0.39 is 6.10 Å². The van der Waals surface area contributed by atoms with Crippen molar-refractivity contribution in [2.45, 2.75) is 6.10 Å². The molecule has 4 nitrogen and oxygen atoms in total. The van der Waals surface area contributed by atoms with E-state index in [1.165, 1.54) is 12.1 Å². The van der Waals surface area contributed by atoms with Crippen molar-refractivity contribution in [3.63, 3.8) is 0 Å². The third kappa shape index (κ3) is 3.36. The number of H-pyrrole nitrogens is 1. The van der Waals surface area contributed by atoms with Crippen LogP contribution in [0.2, 0.25) is 5.02 Å². The summed E-state index contributed by atoms with van der Waals surface area (Å²) in [6.07, 6.45) is -0.908. The van der Waals surface area contributed by atoms with Crippen molar-refractivity contribution >= 4 is 28.4 Å². The normalized spacial score (nSPS) is 12.3. The van der Waals surface area contributed by atoms with E-state index in [0.29, 0.717) is 27.2 Å². The van der Waals surface area contributed by atoms with E-state index in [1.54, 1.807) is 36.4 Å². The predicted molar refractivity (Wildman–Crippen MR) is 87.0 cm³/mol. The SMILES string of the molecule is O=C(NCC(O)c1ccccc1Cl)c1cc2cc(F)ccc2[nH]1. The first-order chi connectivity index (χ1) is 11.0. The summed E-state index contributed by atoms with van der Waals surface area (Å²) in [4.78, 5) is 15.1. The van der Waals surface area contributed by atoms with Crippen molar-refractivity contribution < 1.29 is 14.3 Å². The molecule has 3 N–H and O–H groups in total. The highest BCUT2D eigenvalue weighted by molar-refractivity contribution is 6.31. The van der Waals surface area contributed by atoms with Gasteiger partial charge >= 0.3 is 0 Å². The summed E-state index contributed by atoms with van der Waals surface area (Å²) in [5.41, 5.74) is 1.52. The van der Waals surface area contributed by atoms with Gasteiger partial charge in [-0.05, 0) is 30.3 Å². The number of aromatic amines is 1. The first-order valence-corrected chi connectivity index (χ1v) is 7.41. The van der Waals surface area contributed by atoms with E-state index in [4.69, 9.17) is 11.6 Å². The Morgan fingerprint density at radius 1 is 1.26 bits per heavy atom. The summed E-state index contributed by atoms with van der Waals surface area (Å²) in [5.74, 6) is -0.745. The van der Waals surface area contributed by atoms with Gasteiger partial charge in [-0.25, -0.2) is 4.39 Å². The van der Waals surface area contributed by atoms with Gasteiger partial charge in [0, 0.05) is 28.0 Å². The van der Waals surface area contributed by atoms with E-state index in [1.807, 2.05) is 0 Å². The Bertz CT molecular complexity index is 863. The van der Waals surface area contributed by atoms with Crippen LogP contribution in [-0.4, -0.2) is 22.5 Å². The minimum atomic E-state index is -0.908. The highest BCUT2D eigenvalue weighted by atomic mass is 35.5. The summed E-state index contributed by atoms with van der Waals surface area (Å²) in [7, 11) is 0. The molecule has 3 rings (SSSR count). The number of aliphatic hydroxyl groups is 1. The fourth-order valence-electron chi connectivity index (χ4n) is 2.37. The summed E-state index contributed by atoms with van der Waals surface area (Å²) < 4.78 is 13.2. The lowest BCUT2D eigenvalue weighted by Gasteiger charge is -2.13. The molecule has 118 valence electrons. The van der Waals surface area contributed by atoms with Gasteiger partial charge < -0.3 is 15.4 Å². The molecule has 0 fully saturated rings. The monoisotopic (exact) mass is 332 g/mol. The number of aliphatic hydroxyl groups excluding tert-OH is 1. The maximum Gasteiger partial charge on any atom is 0.267 e. The molecule has 1 heterocycles. The van der Waals surface area contributed by atoms with Crippen molar-refractivity contribution in [2.24, 2.45) is 0 Å². The molecular formula is C17H14ClFN2O2. The third-order valence-corrected chi connectivity index (χ3v) is 3.89. The summed E-state index contributed by atoms with van der Waals surface area (Å²) >= 11 is 6.01. The first-order valence-electron chi connectivity index (χ1n) is 7.03. The highest BCUT2D eigenvalue weighted by Gasteiger charge is 2.14. The van der Waals surface area contributed by atoms with Gasteiger partial charge in [-0.2, -0.15) is 0 Å². The maximum atomic E-state index is 13.2. The molecule has 0 aliphatic rings. The first kappa shape index (κ1) is 15.5. The molecule has 0 aliphatic heterocycles. The molecular weight excluding hydrogens is 319 g/mol. The molecule has 1 aromatic heterocycles. The second-order valence-electron chi connectivity index (χ2n) is 5.16. The Kier molecular flexibility index (Phi) is 4.32. The fraction of sp³-hybridized carbons (Fsp3) is 0.118. The lowest BCUT2D eigenvalue weighted by molar-refractivity contribution is 0.0912. The molecule has 0 bridgehead atoms. The Morgan fingerprint density at radius 3 is 2.83 bits per heavy atom. The molecule has 0 saturated heterocycles. The van der Waals surface area contributed by atoms with Gasteiger partial charge in [-0.15, -0.1) is 0 Å². The number of hydrogen-bond acceptors (Lipinski definition) is 2. The summed E-state index contributed by atoms with van der Waals surface area (Å²) in [5, 5.41) is 13.8. The fourth-order valence-corrected chi connectivity index (χ4v) is 2.63. The number of aromatic nitrogens is 1. The van der Waals surface area contributed by atoms with Gasteiger partial charge in [0.1, 0.15) is 11.5 Å². The zero-order valence-electron chi connectivity index (χ0n) is 12.0. The van der Waals surface area contributed by atoms with Crippen LogP contribution in [0.15, 0.2) is 48.5 Å². The van der Waals surface area contributed by atoms with Gasteiger partial charge in [0.05, 0.1) is 6.10 Å². The van der Waals surface area contributed by atoms with Gasteiger partial charge in [0.2, 0.25) is 0 Å². The lowest BCUT2D eigenvalue weighted by Crippen LogP contribution is -2.28. The van der Waals surface area contributed by atoms with Crippen LogP contribution in [0, 0.1) is 5.82 Å². The molecule has 1 atom stereocenters. The Hall–Kier alpha value is -2.37. The molecule has 2 aromatic carbocycles. The molecule has 0 radical (unpaired) electrons. The number of hydrogen-bond donors (Lipinski definition) is 3. The van der Waals surface area contributed by atoms with Gasteiger partial charge in [-0.1, -0.05) is 29.8 Å². The van der Waals surface area contributed by atoms with Crippen molar-refractivity contribution in [2.75, 3.05) is 6.54 Å². The molecule has 3 aromatic rings. The number of fused-ring (bicyclic) bond motifs is 1. The van der Waals surface area contributed by atoms with Crippen LogP contribution in [0.4, 0.5) is 4.39 Å². The number of carbonyl (C=O) groups excluding carboxylic acids is 1. The van der Waals surface area contributed by atoms with Crippen LogP contribution < -0.4 is 5.32 Å². The van der Waals surface area contributed by atoms with Crippen LogP contribution in [0.5, 0.6) is 0 Å². The largest absolute Gasteiger partial charge is 0.387 e. The van der Waals surface area contributed by atoms with Gasteiger partial charge in [0.25, 0.3) is 5.91 Å². The molecule has 23 heavy (non-hydrogen) atoms. The second kappa shape index (κ2) is 6.40. The highest BCUT2D eigenvalue weighted by Crippen LogP contribution is 2.22. The average Bonchev–Trinajstić information content (AvgIpc) is 2.95. The summed E-state index contributed by atoms with van der Waals surface area (Å²) in [6.45, 7) is 0.0201. The van der Waals surface area contributed by atoms with Crippen LogP contribution in [-0.2, 0) is 0 Å². The van der Waals surface area contributed by atoms with E-state index >= 15 is 0 Å². The topological polar surface area (TPSA) is 65.1 Å². The minimum absolute atomic E-state index is 0.0201. The lowest BCUT2D eigenvalue weighted by atomic mass is 10.1. The molecule has 6 heteroatoms. The number of amides is 1. The quantitative estimate of drug-likeness (QED) is 0.685. The Morgan fingerprint density at radius 2 is 2.04 bits per heavy atom. The number of benzene rings is 2. The molecule has 0 saturated carbocycles. The molecule has 1 amide bonds. The molecule has 1 unspecified atom stereocenters. The van der Waals surface area contributed by atoms with Crippen molar-refractivity contribution in [3.8, 4) is 0 Å². The number of nitrogens with one attached hydrogen (secondary N) is 2. The maximum absolute atomic E-state index is 13.2. The number of rotatable bonds is 4. The van der Waals surface area contributed by atoms with Crippen LogP contribution >= 0.6 is 11.6 Å². The Labute approximate surface area is 136 Å². The third-order valence-electron chi connectivity index (χ3n) is 3.55. The van der Waals surface area contributed by atoms with E-state index in [2.05, 4.69) is 10.3 Å². The summed E-state index contributed by atoms with van der Waals surface area (Å²) in [6, 6.07) is 12.7. The number of carbonyl (C=O) groups is 1. The standard InChI is InChI=1S/C17H14ClFN2O2/c18-13-4-2-1-3-12(13)16(22)9-20-17(23)15-8-10-7-11(19)5-6-14(10)21-15/h1-8,16,21-22H,9H2,(H,20,23).